The van der Waals surface area contributed by atoms with Crippen molar-refractivity contribution in [2.45, 2.75) is 37.5 Å². The van der Waals surface area contributed by atoms with Crippen LogP contribution in [-0.2, 0) is 9.47 Å². The third-order valence-electron chi connectivity index (χ3n) is 4.15. The molecule has 4 nitrogen and oxygen atoms in total. The van der Waals surface area contributed by atoms with Gasteiger partial charge in [0.1, 0.15) is 0 Å². The standard InChI is InChI=1S/C12H22N2O2/c1-4-13-5-2-10(1)14-6-8-16-12-9-15-7-3-11(12)14/h10-13H,1-9H2/t11-,12+/m1/s1. The van der Waals surface area contributed by atoms with Gasteiger partial charge in [0, 0.05) is 25.2 Å². The van der Waals surface area contributed by atoms with Crippen LogP contribution in [-0.4, -0.2) is 62.5 Å². The SMILES string of the molecule is C1CC(N2CCO[C@H]3COCC[C@H]32)CCN1. The lowest BCUT2D eigenvalue weighted by atomic mass is 9.96. The molecule has 0 unspecified atom stereocenters. The van der Waals surface area contributed by atoms with Crippen LogP contribution >= 0.6 is 0 Å². The Morgan fingerprint density at radius 2 is 1.94 bits per heavy atom. The van der Waals surface area contributed by atoms with Crippen LogP contribution in [0.3, 0.4) is 0 Å². The highest BCUT2D eigenvalue weighted by Gasteiger charge is 2.38. The fourth-order valence-corrected chi connectivity index (χ4v) is 3.31. The van der Waals surface area contributed by atoms with Gasteiger partial charge in [-0.2, -0.15) is 0 Å². The summed E-state index contributed by atoms with van der Waals surface area (Å²) in [5.74, 6) is 0. The molecule has 3 heterocycles. The van der Waals surface area contributed by atoms with Gasteiger partial charge >= 0.3 is 0 Å². The molecule has 3 rings (SSSR count). The Bertz CT molecular complexity index is 229. The Balaban J connectivity index is 1.67. The number of hydrogen-bond donors (Lipinski definition) is 1. The number of piperidine rings is 1. The van der Waals surface area contributed by atoms with Gasteiger partial charge in [0.25, 0.3) is 0 Å². The van der Waals surface area contributed by atoms with Gasteiger partial charge in [0.2, 0.25) is 0 Å². The minimum absolute atomic E-state index is 0.331. The second-order valence-corrected chi connectivity index (χ2v) is 5.06. The molecular weight excluding hydrogens is 204 g/mol. The van der Waals surface area contributed by atoms with E-state index in [0.717, 1.165) is 38.8 Å². The van der Waals surface area contributed by atoms with Crippen molar-refractivity contribution in [2.75, 3.05) is 39.5 Å². The van der Waals surface area contributed by atoms with Gasteiger partial charge in [-0.15, -0.1) is 0 Å². The highest BCUT2D eigenvalue weighted by molar-refractivity contribution is 4.91. The van der Waals surface area contributed by atoms with Gasteiger partial charge in [0.15, 0.2) is 0 Å². The third kappa shape index (κ3) is 2.12. The third-order valence-corrected chi connectivity index (χ3v) is 4.15. The number of rotatable bonds is 1. The highest BCUT2D eigenvalue weighted by Crippen LogP contribution is 2.26. The van der Waals surface area contributed by atoms with Gasteiger partial charge in [0.05, 0.1) is 19.3 Å². The van der Waals surface area contributed by atoms with Crippen LogP contribution in [0, 0.1) is 0 Å². The van der Waals surface area contributed by atoms with E-state index in [1.807, 2.05) is 0 Å². The fraction of sp³-hybridized carbons (Fsp3) is 1.00. The highest BCUT2D eigenvalue weighted by atomic mass is 16.5. The molecule has 0 aliphatic carbocycles. The first-order chi connectivity index (χ1) is 7.95. The number of hydrogen-bond acceptors (Lipinski definition) is 4. The molecule has 0 aromatic carbocycles. The first-order valence-corrected chi connectivity index (χ1v) is 6.61. The van der Waals surface area contributed by atoms with E-state index in [-0.39, 0.29) is 0 Å². The quantitative estimate of drug-likeness (QED) is 0.694. The second kappa shape index (κ2) is 5.00. The number of ether oxygens (including phenoxy) is 2. The van der Waals surface area contributed by atoms with Crippen molar-refractivity contribution in [2.24, 2.45) is 0 Å². The summed E-state index contributed by atoms with van der Waals surface area (Å²) in [5, 5.41) is 3.44. The average Bonchev–Trinajstić information content (AvgIpc) is 2.39. The Labute approximate surface area is 97.3 Å². The maximum Gasteiger partial charge on any atom is 0.0964 e. The van der Waals surface area contributed by atoms with Gasteiger partial charge < -0.3 is 14.8 Å². The summed E-state index contributed by atoms with van der Waals surface area (Å²) >= 11 is 0. The maximum absolute atomic E-state index is 5.82. The van der Waals surface area contributed by atoms with Crippen molar-refractivity contribution in [1.82, 2.24) is 10.2 Å². The van der Waals surface area contributed by atoms with Gasteiger partial charge in [-0.25, -0.2) is 0 Å². The van der Waals surface area contributed by atoms with Gasteiger partial charge in [-0.05, 0) is 32.4 Å². The Morgan fingerprint density at radius 3 is 2.81 bits per heavy atom. The van der Waals surface area contributed by atoms with Gasteiger partial charge in [-0.3, -0.25) is 4.90 Å². The van der Waals surface area contributed by atoms with E-state index >= 15 is 0 Å². The van der Waals surface area contributed by atoms with Crippen molar-refractivity contribution in [3.05, 3.63) is 0 Å². The molecule has 3 saturated heterocycles. The van der Waals surface area contributed by atoms with Crippen molar-refractivity contribution in [1.29, 1.82) is 0 Å². The first kappa shape index (κ1) is 11.0. The molecule has 16 heavy (non-hydrogen) atoms. The maximum atomic E-state index is 5.82. The molecule has 0 aromatic heterocycles. The van der Waals surface area contributed by atoms with Crippen molar-refractivity contribution < 1.29 is 9.47 Å². The van der Waals surface area contributed by atoms with E-state index in [0.29, 0.717) is 12.1 Å². The predicted molar refractivity (Wildman–Crippen MR) is 61.6 cm³/mol. The largest absolute Gasteiger partial charge is 0.379 e. The van der Waals surface area contributed by atoms with Crippen molar-refractivity contribution >= 4 is 0 Å². The van der Waals surface area contributed by atoms with Crippen LogP contribution in [0.5, 0.6) is 0 Å². The predicted octanol–water partition coefficient (Wildman–Crippen LogP) is 0.228. The lowest BCUT2D eigenvalue weighted by Gasteiger charge is -2.48. The number of fused-ring (bicyclic) bond motifs is 1. The minimum Gasteiger partial charge on any atom is -0.379 e. The minimum atomic E-state index is 0.331. The van der Waals surface area contributed by atoms with Crippen molar-refractivity contribution in [3.63, 3.8) is 0 Å². The van der Waals surface area contributed by atoms with Gasteiger partial charge in [-0.1, -0.05) is 0 Å². The first-order valence-electron chi connectivity index (χ1n) is 6.61. The van der Waals surface area contributed by atoms with Crippen molar-refractivity contribution in [3.8, 4) is 0 Å². The van der Waals surface area contributed by atoms with E-state index in [4.69, 9.17) is 9.47 Å². The summed E-state index contributed by atoms with van der Waals surface area (Å²) < 4.78 is 11.3. The average molecular weight is 226 g/mol. The molecule has 3 aliphatic heterocycles. The fourth-order valence-electron chi connectivity index (χ4n) is 3.31. The Kier molecular flexibility index (Phi) is 3.43. The molecule has 0 aromatic rings. The molecule has 2 atom stereocenters. The van der Waals surface area contributed by atoms with Crippen LogP contribution in [0.4, 0.5) is 0 Å². The second-order valence-electron chi connectivity index (χ2n) is 5.06. The summed E-state index contributed by atoms with van der Waals surface area (Å²) in [6.45, 7) is 6.06. The Hall–Kier alpha value is -0.160. The van der Waals surface area contributed by atoms with Crippen LogP contribution in [0.1, 0.15) is 19.3 Å². The molecule has 0 saturated carbocycles. The van der Waals surface area contributed by atoms with E-state index < -0.39 is 0 Å². The number of morpholine rings is 1. The molecule has 3 fully saturated rings. The van der Waals surface area contributed by atoms with Crippen LogP contribution in [0.2, 0.25) is 0 Å². The molecule has 4 heteroatoms. The summed E-state index contributed by atoms with van der Waals surface area (Å²) in [4.78, 5) is 2.71. The lowest BCUT2D eigenvalue weighted by Crippen LogP contribution is -2.60. The molecule has 0 spiro atoms. The molecule has 3 aliphatic rings. The van der Waals surface area contributed by atoms with Crippen LogP contribution < -0.4 is 5.32 Å². The zero-order chi connectivity index (χ0) is 10.8. The molecule has 0 amide bonds. The van der Waals surface area contributed by atoms with E-state index in [9.17, 15) is 0 Å². The summed E-state index contributed by atoms with van der Waals surface area (Å²) in [6.07, 6.45) is 4.07. The smallest absolute Gasteiger partial charge is 0.0964 e. The van der Waals surface area contributed by atoms with Crippen LogP contribution in [0.25, 0.3) is 0 Å². The zero-order valence-electron chi connectivity index (χ0n) is 9.86. The van der Waals surface area contributed by atoms with E-state index in [2.05, 4.69) is 10.2 Å². The molecule has 1 N–H and O–H groups in total. The van der Waals surface area contributed by atoms with E-state index in [1.165, 1.54) is 25.9 Å². The Morgan fingerprint density at radius 1 is 1.06 bits per heavy atom. The normalized spacial score (nSPS) is 38.2. The number of nitrogens with zero attached hydrogens (tertiary/aromatic N) is 1. The molecule has 0 bridgehead atoms. The summed E-state index contributed by atoms with van der Waals surface area (Å²) in [6, 6.07) is 1.39. The van der Waals surface area contributed by atoms with Crippen LogP contribution in [0.15, 0.2) is 0 Å². The topological polar surface area (TPSA) is 33.7 Å². The summed E-state index contributed by atoms with van der Waals surface area (Å²) in [7, 11) is 0. The summed E-state index contributed by atoms with van der Waals surface area (Å²) in [5.41, 5.74) is 0. The zero-order valence-corrected chi connectivity index (χ0v) is 9.86. The molecule has 92 valence electrons. The molecule has 0 radical (unpaired) electrons. The van der Waals surface area contributed by atoms with E-state index in [1.54, 1.807) is 0 Å². The number of nitrogens with one attached hydrogen (secondary N) is 1. The molecular formula is C12H22N2O2. The monoisotopic (exact) mass is 226 g/mol. The lowest BCUT2D eigenvalue weighted by molar-refractivity contribution is -0.147.